The first-order chi connectivity index (χ1) is 14.9. The summed E-state index contributed by atoms with van der Waals surface area (Å²) in [5.41, 5.74) is 1.11. The minimum atomic E-state index is -0.707. The summed E-state index contributed by atoms with van der Waals surface area (Å²) in [5, 5.41) is 0. The predicted molar refractivity (Wildman–Crippen MR) is 109 cm³/mol. The minimum absolute atomic E-state index is 0.0658. The van der Waals surface area contributed by atoms with Gasteiger partial charge in [0.25, 0.3) is 0 Å². The molecule has 3 aromatic rings. The van der Waals surface area contributed by atoms with E-state index >= 15 is 0 Å². The molecule has 0 saturated carbocycles. The quantitative estimate of drug-likeness (QED) is 0.622. The minimum Gasteiger partial charge on any atom is -0.407 e. The van der Waals surface area contributed by atoms with Crippen LogP contribution in [0.3, 0.4) is 0 Å². The van der Waals surface area contributed by atoms with Gasteiger partial charge < -0.3 is 9.32 Å². The van der Waals surface area contributed by atoms with E-state index in [1.165, 1.54) is 0 Å². The number of nitrogens with zero attached hydrogens (tertiary/aromatic N) is 3. The van der Waals surface area contributed by atoms with E-state index in [0.717, 1.165) is 22.8 Å². The van der Waals surface area contributed by atoms with Crippen LogP contribution >= 0.6 is 0 Å². The molecule has 0 atom stereocenters. The molecule has 2 aromatic carbocycles. The smallest absolute Gasteiger partial charge is 0.407 e. The first-order valence-electron chi connectivity index (χ1n) is 9.99. The molecule has 4 rings (SSSR count). The Bertz CT molecular complexity index is 1160. The standard InChI is InChI=1S/C22H21F2N3O4/c23-16-11-15(12-17(24)14-16)13-21(29)26-9-7-25(8-10-26)6-5-20(28)27-18-3-1-2-4-19(18)31-22(27)30/h1-4,11-12,14H,5-10,13H2. The van der Waals surface area contributed by atoms with Gasteiger partial charge in [0.2, 0.25) is 11.8 Å². The number of amides is 1. The van der Waals surface area contributed by atoms with Crippen molar-refractivity contribution in [2.75, 3.05) is 32.7 Å². The maximum absolute atomic E-state index is 13.3. The van der Waals surface area contributed by atoms with Gasteiger partial charge >= 0.3 is 5.76 Å². The molecule has 2 heterocycles. The number of para-hydroxylation sites is 2. The third-order valence-corrected chi connectivity index (χ3v) is 5.38. The molecule has 1 saturated heterocycles. The van der Waals surface area contributed by atoms with Crippen molar-refractivity contribution in [1.82, 2.24) is 14.4 Å². The Balaban J connectivity index is 1.29. The highest BCUT2D eigenvalue weighted by Gasteiger charge is 2.23. The van der Waals surface area contributed by atoms with E-state index in [1.807, 2.05) is 4.90 Å². The maximum atomic E-state index is 13.3. The first-order valence-corrected chi connectivity index (χ1v) is 9.99. The summed E-state index contributed by atoms with van der Waals surface area (Å²) in [6.07, 6.45) is 0.0730. The van der Waals surface area contributed by atoms with Crippen LogP contribution in [0.5, 0.6) is 0 Å². The summed E-state index contributed by atoms with van der Waals surface area (Å²) >= 11 is 0. The number of carbonyl (C=O) groups is 2. The number of benzene rings is 2. The van der Waals surface area contributed by atoms with Gasteiger partial charge in [-0.25, -0.2) is 18.1 Å². The number of rotatable bonds is 5. The van der Waals surface area contributed by atoms with E-state index in [1.54, 1.807) is 29.2 Å². The van der Waals surface area contributed by atoms with Gasteiger partial charge in [-0.15, -0.1) is 0 Å². The molecule has 31 heavy (non-hydrogen) atoms. The molecule has 1 aliphatic rings. The highest BCUT2D eigenvalue weighted by molar-refractivity contribution is 5.89. The van der Waals surface area contributed by atoms with Crippen LogP contribution in [-0.2, 0) is 11.2 Å². The van der Waals surface area contributed by atoms with Crippen molar-refractivity contribution >= 4 is 22.9 Å². The van der Waals surface area contributed by atoms with Crippen molar-refractivity contribution in [2.24, 2.45) is 0 Å². The van der Waals surface area contributed by atoms with Gasteiger partial charge in [-0.2, -0.15) is 0 Å². The maximum Gasteiger partial charge on any atom is 0.426 e. The van der Waals surface area contributed by atoms with Crippen LogP contribution in [0.4, 0.5) is 8.78 Å². The zero-order chi connectivity index (χ0) is 22.0. The summed E-state index contributed by atoms with van der Waals surface area (Å²) in [4.78, 5) is 40.7. The molecule has 0 radical (unpaired) electrons. The van der Waals surface area contributed by atoms with Crippen LogP contribution in [0.15, 0.2) is 51.7 Å². The monoisotopic (exact) mass is 429 g/mol. The molecule has 0 spiro atoms. The fraction of sp³-hybridized carbons (Fsp3) is 0.318. The lowest BCUT2D eigenvalue weighted by Gasteiger charge is -2.34. The first kappa shape index (κ1) is 20.9. The summed E-state index contributed by atoms with van der Waals surface area (Å²) in [6.45, 7) is 2.50. The van der Waals surface area contributed by atoms with E-state index in [9.17, 15) is 23.2 Å². The number of hydrogen-bond donors (Lipinski definition) is 0. The van der Waals surface area contributed by atoms with Crippen molar-refractivity contribution < 1.29 is 22.8 Å². The number of fused-ring (bicyclic) bond motifs is 1. The second-order valence-electron chi connectivity index (χ2n) is 7.49. The summed E-state index contributed by atoms with van der Waals surface area (Å²) in [6, 6.07) is 9.84. The predicted octanol–water partition coefficient (Wildman–Crippen LogP) is 2.29. The number of halogens is 2. The van der Waals surface area contributed by atoms with Gasteiger partial charge in [-0.1, -0.05) is 12.1 Å². The fourth-order valence-corrected chi connectivity index (χ4v) is 3.79. The molecular weight excluding hydrogens is 408 g/mol. The molecule has 0 bridgehead atoms. The van der Waals surface area contributed by atoms with Crippen LogP contribution in [0, 0.1) is 11.6 Å². The molecule has 7 nitrogen and oxygen atoms in total. The molecule has 162 valence electrons. The van der Waals surface area contributed by atoms with Crippen LogP contribution in [0.25, 0.3) is 11.1 Å². The summed E-state index contributed by atoms with van der Waals surface area (Å²) < 4.78 is 32.8. The van der Waals surface area contributed by atoms with Crippen LogP contribution < -0.4 is 5.76 Å². The van der Waals surface area contributed by atoms with Crippen molar-refractivity contribution in [3.05, 3.63) is 70.2 Å². The zero-order valence-electron chi connectivity index (χ0n) is 16.7. The van der Waals surface area contributed by atoms with E-state index in [4.69, 9.17) is 4.42 Å². The molecule has 9 heteroatoms. The molecule has 0 aliphatic carbocycles. The van der Waals surface area contributed by atoms with Gasteiger partial charge in [0.1, 0.15) is 11.6 Å². The molecule has 1 amide bonds. The molecular formula is C22H21F2N3O4. The Kier molecular flexibility index (Phi) is 5.94. The van der Waals surface area contributed by atoms with Crippen LogP contribution in [0.1, 0.15) is 16.8 Å². The van der Waals surface area contributed by atoms with Crippen molar-refractivity contribution in [3.8, 4) is 0 Å². The Morgan fingerprint density at radius 1 is 0.935 bits per heavy atom. The Hall–Kier alpha value is -3.33. The average Bonchev–Trinajstić information content (AvgIpc) is 3.07. The molecule has 1 aromatic heterocycles. The highest BCUT2D eigenvalue weighted by Crippen LogP contribution is 2.14. The Labute approximate surface area is 176 Å². The van der Waals surface area contributed by atoms with Crippen LogP contribution in [-0.4, -0.2) is 58.9 Å². The average molecular weight is 429 g/mol. The van der Waals surface area contributed by atoms with Crippen molar-refractivity contribution in [1.29, 1.82) is 0 Å². The van der Waals surface area contributed by atoms with E-state index in [2.05, 4.69) is 0 Å². The number of oxazole rings is 1. The van der Waals surface area contributed by atoms with Gasteiger partial charge in [0.15, 0.2) is 5.58 Å². The van der Waals surface area contributed by atoms with E-state index < -0.39 is 17.4 Å². The van der Waals surface area contributed by atoms with Crippen LogP contribution in [0.2, 0.25) is 0 Å². The summed E-state index contributed by atoms with van der Waals surface area (Å²) in [5.74, 6) is -2.65. The third-order valence-electron chi connectivity index (χ3n) is 5.38. The molecule has 0 unspecified atom stereocenters. The number of hydrogen-bond acceptors (Lipinski definition) is 5. The third kappa shape index (κ3) is 4.72. The Morgan fingerprint density at radius 2 is 1.61 bits per heavy atom. The SMILES string of the molecule is O=C(Cc1cc(F)cc(F)c1)N1CCN(CCC(=O)n2c(=O)oc3ccccc32)CC1. The lowest BCUT2D eigenvalue weighted by atomic mass is 10.1. The van der Waals surface area contributed by atoms with Gasteiger partial charge in [-0.3, -0.25) is 14.5 Å². The lowest BCUT2D eigenvalue weighted by Crippen LogP contribution is -2.49. The van der Waals surface area contributed by atoms with Gasteiger partial charge in [0, 0.05) is 45.2 Å². The van der Waals surface area contributed by atoms with E-state index in [-0.39, 0.29) is 24.7 Å². The number of carbonyl (C=O) groups excluding carboxylic acids is 2. The highest BCUT2D eigenvalue weighted by atomic mass is 19.1. The van der Waals surface area contributed by atoms with E-state index in [0.29, 0.717) is 49.4 Å². The number of aromatic nitrogens is 1. The largest absolute Gasteiger partial charge is 0.426 e. The fourth-order valence-electron chi connectivity index (χ4n) is 3.79. The Morgan fingerprint density at radius 3 is 2.32 bits per heavy atom. The van der Waals surface area contributed by atoms with Crippen molar-refractivity contribution in [3.63, 3.8) is 0 Å². The zero-order valence-corrected chi connectivity index (χ0v) is 16.7. The topological polar surface area (TPSA) is 75.8 Å². The molecule has 1 fully saturated rings. The molecule has 1 aliphatic heterocycles. The summed E-state index contributed by atoms with van der Waals surface area (Å²) in [7, 11) is 0. The normalized spacial score (nSPS) is 14.8. The van der Waals surface area contributed by atoms with Gasteiger partial charge in [-0.05, 0) is 29.8 Å². The second-order valence-corrected chi connectivity index (χ2v) is 7.49. The van der Waals surface area contributed by atoms with Crippen molar-refractivity contribution in [2.45, 2.75) is 12.8 Å². The second kappa shape index (κ2) is 8.81. The van der Waals surface area contributed by atoms with Gasteiger partial charge in [0.05, 0.1) is 11.9 Å². The lowest BCUT2D eigenvalue weighted by molar-refractivity contribution is -0.132. The number of piperazine rings is 1. The molecule has 0 N–H and O–H groups in total.